The molecule has 2 aromatic rings. The first-order chi connectivity index (χ1) is 12.9. The Balaban J connectivity index is 1.79. The molecule has 0 aromatic heterocycles. The summed E-state index contributed by atoms with van der Waals surface area (Å²) in [5, 5.41) is 0. The number of benzene rings is 2. The Labute approximate surface area is 160 Å². The summed E-state index contributed by atoms with van der Waals surface area (Å²) in [6, 6.07) is 14.3. The molecular weight excluding hydrogens is 362 g/mol. The number of carbonyl (C=O) groups excluding carboxylic acids is 1. The molecule has 1 heterocycles. The molecule has 0 radical (unpaired) electrons. The maximum absolute atomic E-state index is 12.8. The summed E-state index contributed by atoms with van der Waals surface area (Å²) in [4.78, 5) is 14.6. The van der Waals surface area contributed by atoms with Crippen molar-refractivity contribution in [2.75, 3.05) is 13.1 Å². The molecule has 1 saturated heterocycles. The molecule has 7 heteroatoms. The van der Waals surface area contributed by atoms with Crippen LogP contribution in [0.1, 0.15) is 34.3 Å². The SMILES string of the molecule is Cc1ccc(C(=O)N2CCC(N)CC2)cc1S(=O)(=O)NCc1ccccc1. The summed E-state index contributed by atoms with van der Waals surface area (Å²) < 4.78 is 28.2. The lowest BCUT2D eigenvalue weighted by molar-refractivity contribution is 0.0714. The van der Waals surface area contributed by atoms with Gasteiger partial charge in [0.1, 0.15) is 0 Å². The van der Waals surface area contributed by atoms with E-state index in [2.05, 4.69) is 4.72 Å². The van der Waals surface area contributed by atoms with Gasteiger partial charge in [-0.05, 0) is 43.0 Å². The predicted molar refractivity (Wildman–Crippen MR) is 105 cm³/mol. The fourth-order valence-electron chi connectivity index (χ4n) is 3.16. The number of nitrogens with two attached hydrogens (primary N) is 1. The van der Waals surface area contributed by atoms with Gasteiger partial charge in [-0.2, -0.15) is 0 Å². The summed E-state index contributed by atoms with van der Waals surface area (Å²) in [5.41, 5.74) is 7.75. The van der Waals surface area contributed by atoms with Crippen LogP contribution in [0.25, 0.3) is 0 Å². The van der Waals surface area contributed by atoms with Crippen molar-refractivity contribution in [3.8, 4) is 0 Å². The highest BCUT2D eigenvalue weighted by Gasteiger charge is 2.24. The Morgan fingerprint density at radius 1 is 1.15 bits per heavy atom. The van der Waals surface area contributed by atoms with E-state index in [4.69, 9.17) is 5.73 Å². The molecule has 3 N–H and O–H groups in total. The second kappa shape index (κ2) is 8.21. The second-order valence-corrected chi connectivity index (χ2v) is 8.66. The van der Waals surface area contributed by atoms with E-state index >= 15 is 0 Å². The van der Waals surface area contributed by atoms with Crippen LogP contribution in [0.2, 0.25) is 0 Å². The lowest BCUT2D eigenvalue weighted by atomic mass is 10.0. The Hall–Kier alpha value is -2.22. The summed E-state index contributed by atoms with van der Waals surface area (Å²) in [6.07, 6.45) is 1.53. The van der Waals surface area contributed by atoms with Gasteiger partial charge in [0.15, 0.2) is 0 Å². The van der Waals surface area contributed by atoms with Crippen LogP contribution < -0.4 is 10.5 Å². The van der Waals surface area contributed by atoms with Crippen LogP contribution in [-0.4, -0.2) is 38.4 Å². The number of hydrogen-bond acceptors (Lipinski definition) is 4. The first-order valence-corrected chi connectivity index (χ1v) is 10.5. The molecule has 2 aromatic carbocycles. The van der Waals surface area contributed by atoms with E-state index in [0.29, 0.717) is 24.2 Å². The summed E-state index contributed by atoms with van der Waals surface area (Å²) in [5.74, 6) is -0.151. The molecule has 0 aliphatic carbocycles. The van der Waals surface area contributed by atoms with E-state index < -0.39 is 10.0 Å². The molecule has 1 aliphatic rings. The van der Waals surface area contributed by atoms with Crippen molar-refractivity contribution in [1.82, 2.24) is 9.62 Å². The van der Waals surface area contributed by atoms with Crippen LogP contribution in [-0.2, 0) is 16.6 Å². The van der Waals surface area contributed by atoms with Crippen LogP contribution in [0.5, 0.6) is 0 Å². The summed E-state index contributed by atoms with van der Waals surface area (Å²) in [7, 11) is -3.73. The van der Waals surface area contributed by atoms with Gasteiger partial charge < -0.3 is 10.6 Å². The van der Waals surface area contributed by atoms with Gasteiger partial charge in [-0.25, -0.2) is 13.1 Å². The highest BCUT2D eigenvalue weighted by molar-refractivity contribution is 7.89. The summed E-state index contributed by atoms with van der Waals surface area (Å²) in [6.45, 7) is 3.13. The molecule has 6 nitrogen and oxygen atoms in total. The number of likely N-dealkylation sites (tertiary alicyclic amines) is 1. The van der Waals surface area contributed by atoms with Crippen LogP contribution in [0.3, 0.4) is 0 Å². The van der Waals surface area contributed by atoms with E-state index in [0.717, 1.165) is 18.4 Å². The fraction of sp³-hybridized carbons (Fsp3) is 0.350. The molecule has 144 valence electrons. The number of sulfonamides is 1. The Morgan fingerprint density at radius 2 is 1.81 bits per heavy atom. The van der Waals surface area contributed by atoms with E-state index in [1.54, 1.807) is 24.0 Å². The molecule has 1 aliphatic heterocycles. The molecule has 0 bridgehead atoms. The quantitative estimate of drug-likeness (QED) is 0.821. The molecule has 0 saturated carbocycles. The third kappa shape index (κ3) is 4.74. The average molecular weight is 388 g/mol. The molecule has 3 rings (SSSR count). The molecular formula is C20H25N3O3S. The van der Waals surface area contributed by atoms with E-state index in [1.807, 2.05) is 30.3 Å². The zero-order chi connectivity index (χ0) is 19.4. The van der Waals surface area contributed by atoms with Crippen molar-refractivity contribution in [3.63, 3.8) is 0 Å². The lowest BCUT2D eigenvalue weighted by Crippen LogP contribution is -2.42. The number of nitrogens with zero attached hydrogens (tertiary/aromatic N) is 1. The number of amides is 1. The van der Waals surface area contributed by atoms with Crippen molar-refractivity contribution < 1.29 is 13.2 Å². The maximum atomic E-state index is 12.8. The van der Waals surface area contributed by atoms with Crippen molar-refractivity contribution in [1.29, 1.82) is 0 Å². The van der Waals surface area contributed by atoms with E-state index in [9.17, 15) is 13.2 Å². The highest BCUT2D eigenvalue weighted by Crippen LogP contribution is 2.20. The zero-order valence-corrected chi connectivity index (χ0v) is 16.2. The van der Waals surface area contributed by atoms with Crippen LogP contribution in [0.4, 0.5) is 0 Å². The first kappa shape index (κ1) is 19.5. The standard InChI is InChI=1S/C20H25N3O3S/c1-15-7-8-17(20(24)23-11-9-18(21)10-12-23)13-19(15)27(25,26)22-14-16-5-3-2-4-6-16/h2-8,13,18,22H,9-12,14,21H2,1H3. The van der Waals surface area contributed by atoms with Gasteiger partial charge in [0.05, 0.1) is 4.90 Å². The molecule has 1 amide bonds. The molecule has 0 spiro atoms. The molecule has 1 fully saturated rings. The van der Waals surface area contributed by atoms with Gasteiger partial charge in [0.25, 0.3) is 5.91 Å². The monoisotopic (exact) mass is 387 g/mol. The number of carbonyl (C=O) groups is 1. The van der Waals surface area contributed by atoms with Crippen molar-refractivity contribution in [2.24, 2.45) is 5.73 Å². The third-order valence-electron chi connectivity index (χ3n) is 4.86. The first-order valence-electron chi connectivity index (χ1n) is 9.06. The van der Waals surface area contributed by atoms with Crippen molar-refractivity contribution >= 4 is 15.9 Å². The minimum absolute atomic E-state index is 0.130. The fourth-order valence-corrected chi connectivity index (χ4v) is 4.45. The number of rotatable bonds is 5. The summed E-state index contributed by atoms with van der Waals surface area (Å²) >= 11 is 0. The zero-order valence-electron chi connectivity index (χ0n) is 15.4. The number of aryl methyl sites for hydroxylation is 1. The van der Waals surface area contributed by atoms with Crippen LogP contribution >= 0.6 is 0 Å². The Morgan fingerprint density at radius 3 is 2.48 bits per heavy atom. The second-order valence-electron chi connectivity index (χ2n) is 6.92. The number of nitrogens with one attached hydrogen (secondary N) is 1. The average Bonchev–Trinajstić information content (AvgIpc) is 2.67. The minimum Gasteiger partial charge on any atom is -0.339 e. The Kier molecular flexibility index (Phi) is 5.94. The normalized spacial score (nSPS) is 15.7. The lowest BCUT2D eigenvalue weighted by Gasteiger charge is -2.30. The molecule has 0 unspecified atom stereocenters. The van der Waals surface area contributed by atoms with E-state index in [1.165, 1.54) is 6.07 Å². The van der Waals surface area contributed by atoms with Crippen LogP contribution in [0.15, 0.2) is 53.4 Å². The molecule has 27 heavy (non-hydrogen) atoms. The van der Waals surface area contributed by atoms with E-state index in [-0.39, 0.29) is 23.4 Å². The van der Waals surface area contributed by atoms with Crippen LogP contribution in [0, 0.1) is 6.92 Å². The van der Waals surface area contributed by atoms with Crippen molar-refractivity contribution in [3.05, 3.63) is 65.2 Å². The predicted octanol–water partition coefficient (Wildman–Crippen LogP) is 2.04. The van der Waals surface area contributed by atoms with Crippen molar-refractivity contribution in [2.45, 2.75) is 37.2 Å². The highest BCUT2D eigenvalue weighted by atomic mass is 32.2. The molecule has 0 atom stereocenters. The van der Waals surface area contributed by atoms with Gasteiger partial charge in [-0.15, -0.1) is 0 Å². The Bertz CT molecular complexity index is 905. The van der Waals surface area contributed by atoms with Gasteiger partial charge in [-0.3, -0.25) is 4.79 Å². The van der Waals surface area contributed by atoms with Gasteiger partial charge in [0.2, 0.25) is 10.0 Å². The van der Waals surface area contributed by atoms with Gasteiger partial charge in [0, 0.05) is 31.2 Å². The minimum atomic E-state index is -3.73. The number of piperidine rings is 1. The van der Waals surface area contributed by atoms with Gasteiger partial charge in [-0.1, -0.05) is 36.4 Å². The maximum Gasteiger partial charge on any atom is 0.253 e. The smallest absolute Gasteiger partial charge is 0.253 e. The topological polar surface area (TPSA) is 92.5 Å². The third-order valence-corrected chi connectivity index (χ3v) is 6.40. The van der Waals surface area contributed by atoms with Gasteiger partial charge >= 0.3 is 0 Å². The number of hydrogen-bond donors (Lipinski definition) is 2. The largest absolute Gasteiger partial charge is 0.339 e.